The monoisotopic (exact) mass is 253 g/mol. The quantitative estimate of drug-likeness (QED) is 0.639. The summed E-state index contributed by atoms with van der Waals surface area (Å²) in [6.07, 6.45) is 0. The van der Waals surface area contributed by atoms with Crippen LogP contribution in [0.2, 0.25) is 0 Å². The van der Waals surface area contributed by atoms with Gasteiger partial charge in [0.2, 0.25) is 0 Å². The Morgan fingerprint density at radius 1 is 1.12 bits per heavy atom. The lowest BCUT2D eigenvalue weighted by atomic mass is 10.2. The first-order valence-electron chi connectivity index (χ1n) is 4.63. The summed E-state index contributed by atoms with van der Waals surface area (Å²) in [6, 6.07) is 5.83. The summed E-state index contributed by atoms with van der Waals surface area (Å²) in [7, 11) is 0. The Hall–Kier alpha value is -0.750. The van der Waals surface area contributed by atoms with Crippen molar-refractivity contribution in [1.29, 1.82) is 0 Å². The van der Waals surface area contributed by atoms with Crippen molar-refractivity contribution in [2.45, 2.75) is 12.1 Å². The fraction of sp³-hybridized carbons (Fsp3) is 0.400. The van der Waals surface area contributed by atoms with Gasteiger partial charge in [0.15, 0.2) is 0 Å². The summed E-state index contributed by atoms with van der Waals surface area (Å²) in [6.45, 7) is 0.709. The lowest BCUT2D eigenvalue weighted by Crippen LogP contribution is -2.18. The Labute approximate surface area is 95.2 Å². The summed E-state index contributed by atoms with van der Waals surface area (Å²) < 4.78 is 47.7. The van der Waals surface area contributed by atoms with Gasteiger partial charge in [-0.05, 0) is 29.5 Å². The number of hydrogen-bond donors (Lipinski definition) is 1. The Bertz CT molecular complexity index is 310. The SMILES string of the molecule is Fc1ccc(CNCCSC(F)(F)F)cc1. The van der Waals surface area contributed by atoms with Gasteiger partial charge in [-0.2, -0.15) is 13.2 Å². The highest BCUT2D eigenvalue weighted by molar-refractivity contribution is 8.00. The molecule has 1 rings (SSSR count). The normalized spacial score (nSPS) is 11.8. The van der Waals surface area contributed by atoms with E-state index in [-0.39, 0.29) is 29.9 Å². The molecule has 90 valence electrons. The Morgan fingerprint density at radius 3 is 2.31 bits per heavy atom. The van der Waals surface area contributed by atoms with Crippen molar-refractivity contribution in [2.75, 3.05) is 12.3 Å². The minimum absolute atomic E-state index is 0.0231. The molecule has 0 heterocycles. The van der Waals surface area contributed by atoms with Crippen LogP contribution in [0.5, 0.6) is 0 Å². The van der Waals surface area contributed by atoms with E-state index >= 15 is 0 Å². The van der Waals surface area contributed by atoms with Gasteiger partial charge in [0, 0.05) is 18.8 Å². The number of thioether (sulfide) groups is 1. The van der Waals surface area contributed by atoms with Gasteiger partial charge in [-0.15, -0.1) is 0 Å². The second-order valence-corrected chi connectivity index (χ2v) is 4.26. The van der Waals surface area contributed by atoms with Crippen LogP contribution in [0.25, 0.3) is 0 Å². The molecule has 0 amide bonds. The molecule has 0 saturated carbocycles. The van der Waals surface area contributed by atoms with Crippen molar-refractivity contribution in [1.82, 2.24) is 5.32 Å². The molecule has 0 aliphatic heterocycles. The summed E-state index contributed by atoms with van der Waals surface area (Å²) in [5.74, 6) is -0.346. The van der Waals surface area contributed by atoms with Gasteiger partial charge in [0.25, 0.3) is 0 Å². The van der Waals surface area contributed by atoms with E-state index in [0.717, 1.165) is 5.56 Å². The molecule has 1 N–H and O–H groups in total. The van der Waals surface area contributed by atoms with Gasteiger partial charge in [-0.25, -0.2) is 4.39 Å². The lowest BCUT2D eigenvalue weighted by molar-refractivity contribution is -0.0327. The number of benzene rings is 1. The first-order chi connectivity index (χ1) is 7.47. The highest BCUT2D eigenvalue weighted by atomic mass is 32.2. The summed E-state index contributed by atoms with van der Waals surface area (Å²) in [5, 5.41) is 2.85. The van der Waals surface area contributed by atoms with Gasteiger partial charge >= 0.3 is 5.51 Å². The third kappa shape index (κ3) is 5.97. The number of alkyl halides is 3. The average Bonchev–Trinajstić information content (AvgIpc) is 2.19. The molecule has 0 spiro atoms. The van der Waals surface area contributed by atoms with E-state index in [1.54, 1.807) is 12.1 Å². The van der Waals surface area contributed by atoms with Crippen molar-refractivity contribution in [2.24, 2.45) is 0 Å². The molecule has 0 aromatic heterocycles. The molecule has 1 aromatic rings. The van der Waals surface area contributed by atoms with Crippen molar-refractivity contribution in [3.8, 4) is 0 Å². The fourth-order valence-corrected chi connectivity index (χ4v) is 1.55. The van der Waals surface area contributed by atoms with E-state index in [0.29, 0.717) is 6.54 Å². The van der Waals surface area contributed by atoms with E-state index in [1.807, 2.05) is 0 Å². The maximum absolute atomic E-state index is 12.5. The summed E-state index contributed by atoms with van der Waals surface area (Å²) in [5.41, 5.74) is -3.32. The predicted octanol–water partition coefficient (Wildman–Crippen LogP) is 3.17. The second-order valence-electron chi connectivity index (χ2n) is 3.10. The second kappa shape index (κ2) is 6.10. The molecule has 0 aliphatic rings. The molecule has 0 bridgehead atoms. The molecule has 0 atom stereocenters. The van der Waals surface area contributed by atoms with E-state index in [1.165, 1.54) is 12.1 Å². The van der Waals surface area contributed by atoms with Crippen LogP contribution in [0.1, 0.15) is 5.56 Å². The molecule has 0 unspecified atom stereocenters. The molecule has 1 aromatic carbocycles. The van der Waals surface area contributed by atoms with Crippen LogP contribution >= 0.6 is 11.8 Å². The van der Waals surface area contributed by atoms with E-state index < -0.39 is 5.51 Å². The minimum Gasteiger partial charge on any atom is -0.312 e. The maximum atomic E-state index is 12.5. The standard InChI is InChI=1S/C10H11F4NS/c11-9-3-1-8(2-4-9)7-15-5-6-16-10(12,13)14/h1-4,15H,5-7H2. The molecule has 16 heavy (non-hydrogen) atoms. The number of nitrogens with one attached hydrogen (secondary N) is 1. The zero-order valence-corrected chi connectivity index (χ0v) is 9.17. The number of hydrogen-bond acceptors (Lipinski definition) is 2. The van der Waals surface area contributed by atoms with Crippen molar-refractivity contribution >= 4 is 11.8 Å². The number of rotatable bonds is 5. The van der Waals surface area contributed by atoms with Crippen molar-refractivity contribution in [3.63, 3.8) is 0 Å². The van der Waals surface area contributed by atoms with Crippen LogP contribution in [-0.4, -0.2) is 17.8 Å². The number of halogens is 4. The minimum atomic E-state index is -4.17. The molecule has 1 nitrogen and oxygen atoms in total. The summed E-state index contributed by atoms with van der Waals surface area (Å²) in [4.78, 5) is 0. The zero-order valence-electron chi connectivity index (χ0n) is 8.35. The molecule has 0 saturated heterocycles. The predicted molar refractivity (Wildman–Crippen MR) is 56.6 cm³/mol. The molecular weight excluding hydrogens is 242 g/mol. The van der Waals surface area contributed by atoms with Gasteiger partial charge in [-0.1, -0.05) is 12.1 Å². The highest BCUT2D eigenvalue weighted by Crippen LogP contribution is 2.29. The molecule has 0 radical (unpaired) electrons. The average molecular weight is 253 g/mol. The van der Waals surface area contributed by atoms with E-state index in [9.17, 15) is 17.6 Å². The largest absolute Gasteiger partial charge is 0.441 e. The highest BCUT2D eigenvalue weighted by Gasteiger charge is 2.27. The molecule has 0 fully saturated rings. The molecule has 6 heteroatoms. The van der Waals surface area contributed by atoms with Crippen molar-refractivity contribution < 1.29 is 17.6 Å². The van der Waals surface area contributed by atoms with Crippen LogP contribution in [-0.2, 0) is 6.54 Å². The molecule has 0 aliphatic carbocycles. The maximum Gasteiger partial charge on any atom is 0.441 e. The smallest absolute Gasteiger partial charge is 0.312 e. The third-order valence-corrected chi connectivity index (χ3v) is 2.52. The first-order valence-corrected chi connectivity index (χ1v) is 5.62. The van der Waals surface area contributed by atoms with Crippen LogP contribution in [0, 0.1) is 5.82 Å². The van der Waals surface area contributed by atoms with Gasteiger partial charge in [0.1, 0.15) is 5.82 Å². The van der Waals surface area contributed by atoms with Crippen LogP contribution in [0.15, 0.2) is 24.3 Å². The Balaban J connectivity index is 2.14. The van der Waals surface area contributed by atoms with E-state index in [4.69, 9.17) is 0 Å². The van der Waals surface area contributed by atoms with Gasteiger partial charge < -0.3 is 5.32 Å². The van der Waals surface area contributed by atoms with Crippen LogP contribution in [0.3, 0.4) is 0 Å². The van der Waals surface area contributed by atoms with Crippen LogP contribution < -0.4 is 5.32 Å². The molecular formula is C10H11F4NS. The van der Waals surface area contributed by atoms with Crippen molar-refractivity contribution in [3.05, 3.63) is 35.6 Å². The summed E-state index contributed by atoms with van der Waals surface area (Å²) >= 11 is -0.0513. The van der Waals surface area contributed by atoms with Crippen LogP contribution in [0.4, 0.5) is 17.6 Å². The Kier molecular flexibility index (Phi) is 5.08. The van der Waals surface area contributed by atoms with Gasteiger partial charge in [0.05, 0.1) is 0 Å². The third-order valence-electron chi connectivity index (χ3n) is 1.79. The van der Waals surface area contributed by atoms with Gasteiger partial charge in [-0.3, -0.25) is 0 Å². The fourth-order valence-electron chi connectivity index (χ4n) is 1.07. The lowest BCUT2D eigenvalue weighted by Gasteiger charge is -2.06. The van der Waals surface area contributed by atoms with E-state index in [2.05, 4.69) is 5.32 Å². The Morgan fingerprint density at radius 2 is 1.75 bits per heavy atom. The zero-order chi connectivity index (χ0) is 12.0. The first kappa shape index (κ1) is 13.3. The topological polar surface area (TPSA) is 12.0 Å².